The van der Waals surface area contributed by atoms with Crippen molar-refractivity contribution < 1.29 is 0 Å². The monoisotopic (exact) mass is 387 g/mol. The van der Waals surface area contributed by atoms with Gasteiger partial charge in [-0.15, -0.1) is 0 Å². The maximum atomic E-state index is 6.50. The lowest BCUT2D eigenvalue weighted by molar-refractivity contribution is 0.105. The van der Waals surface area contributed by atoms with Gasteiger partial charge in [-0.3, -0.25) is 0 Å². The molecule has 0 rings (SSSR count). The Balaban J connectivity index is -0.0000000844. The van der Waals surface area contributed by atoms with Crippen LogP contribution in [0.2, 0.25) is 0 Å². The number of rotatable bonds is 6. The summed E-state index contributed by atoms with van der Waals surface area (Å²) in [5.41, 5.74) is 1.47. The van der Waals surface area contributed by atoms with Crippen LogP contribution in [0.15, 0.2) is 0 Å². The molecule has 0 aromatic rings. The van der Waals surface area contributed by atoms with Crippen molar-refractivity contribution in [2.24, 2.45) is 16.2 Å². The molecule has 0 aliphatic heterocycles. The van der Waals surface area contributed by atoms with Gasteiger partial charge in [0.1, 0.15) is 0 Å². The maximum absolute atomic E-state index is 6.50. The highest BCUT2D eigenvalue weighted by Gasteiger charge is 2.33. The summed E-state index contributed by atoms with van der Waals surface area (Å²) in [5.74, 6) is 0. The summed E-state index contributed by atoms with van der Waals surface area (Å²) in [4.78, 5) is 0. The molecule has 0 aliphatic rings. The molecule has 0 N–H and O–H groups in total. The lowest BCUT2D eigenvalue weighted by atomic mass is 9.65. The summed E-state index contributed by atoms with van der Waals surface area (Å²) in [6.45, 7) is 38.9. The maximum Gasteiger partial charge on any atom is 0.0462 e. The van der Waals surface area contributed by atoms with Crippen molar-refractivity contribution in [3.63, 3.8) is 0 Å². The Morgan fingerprint density at radius 1 is 0.630 bits per heavy atom. The van der Waals surface area contributed by atoms with Gasteiger partial charge in [0.05, 0.1) is 0 Å². The second-order valence-corrected chi connectivity index (χ2v) is 8.70. The molecule has 1 nitrogen and oxygen atoms in total. The molecule has 0 aliphatic carbocycles. The van der Waals surface area contributed by atoms with Crippen LogP contribution in [0.3, 0.4) is 0 Å². The zero-order chi connectivity index (χ0) is 23.7. The first-order valence-corrected chi connectivity index (χ1v) is 11.7. The second-order valence-electron chi connectivity index (χ2n) is 8.70. The first-order chi connectivity index (χ1) is 12.4. The second kappa shape index (κ2) is 27.7. The van der Waals surface area contributed by atoms with Crippen LogP contribution in [-0.4, -0.2) is 0 Å². The molecule has 0 amide bonds. The first kappa shape index (κ1) is 41.0. The van der Waals surface area contributed by atoms with Gasteiger partial charge in [-0.2, -0.15) is 0 Å². The van der Waals surface area contributed by atoms with Gasteiger partial charge in [0, 0.05) is 6.57 Å². The number of hydrogen-bond acceptors (Lipinski definition) is 1. The van der Waals surface area contributed by atoms with Crippen LogP contribution < -0.4 is 0 Å². The summed E-state index contributed by atoms with van der Waals surface area (Å²) < 4.78 is 0. The molecule has 27 heavy (non-hydrogen) atoms. The third-order valence-corrected chi connectivity index (χ3v) is 3.64. The van der Waals surface area contributed by atoms with E-state index in [1.54, 1.807) is 0 Å². The van der Waals surface area contributed by atoms with E-state index in [4.69, 9.17) is 5.26 Å². The van der Waals surface area contributed by atoms with E-state index in [9.17, 15) is 0 Å². The largest absolute Gasteiger partial charge is 0.202 e. The fourth-order valence-corrected chi connectivity index (χ4v) is 3.51. The topological polar surface area (TPSA) is 23.8 Å². The van der Waals surface area contributed by atoms with Crippen LogP contribution >= 0.6 is 0 Å². The minimum absolute atomic E-state index is 0.451. The lowest BCUT2D eigenvalue weighted by Crippen LogP contribution is -2.29. The average Bonchev–Trinajstić information content (AvgIpc) is 2.60. The highest BCUT2D eigenvalue weighted by atomic mass is 14.4. The lowest BCUT2D eigenvalue weighted by Gasteiger charge is -2.41. The molecule has 0 aromatic carbocycles. The molecular weight excluding hydrogens is 326 g/mol. The van der Waals surface area contributed by atoms with Crippen LogP contribution in [0.25, 0.3) is 0 Å². The molecule has 1 heteroatoms. The van der Waals surface area contributed by atoms with Crippen molar-refractivity contribution in [3.8, 4) is 6.57 Å². The van der Waals surface area contributed by atoms with E-state index in [0.29, 0.717) is 16.2 Å². The molecule has 170 valence electrons. The van der Waals surface area contributed by atoms with E-state index in [2.05, 4.69) is 75.8 Å². The molecule has 0 spiro atoms. The van der Waals surface area contributed by atoms with E-state index in [0.717, 1.165) is 0 Å². The van der Waals surface area contributed by atoms with Gasteiger partial charge in [-0.05, 0) is 35.5 Å². The average molecular weight is 388 g/mol. The zero-order valence-corrected chi connectivity index (χ0v) is 22.8. The van der Waals surface area contributed by atoms with E-state index < -0.39 is 0 Å². The predicted octanol–water partition coefficient (Wildman–Crippen LogP) is 10.7. The fourth-order valence-electron chi connectivity index (χ4n) is 3.51. The highest BCUT2D eigenvalue weighted by molar-refractivity contribution is 4.85. The molecule has 0 heterocycles. The van der Waals surface area contributed by atoms with Gasteiger partial charge in [0.2, 0.25) is 0 Å². The van der Waals surface area contributed by atoms with Gasteiger partial charge < -0.3 is 0 Å². The molecule has 0 radical (unpaired) electrons. The van der Waals surface area contributed by atoms with Crippen molar-refractivity contribution in [1.29, 1.82) is 5.26 Å². The Kier molecular flexibility index (Phi) is 42.1. The molecule has 0 fully saturated rings. The SMILES string of the molecule is C#N.CC.CC.CC.CCC.CCCC(C)(C)CC(C)(CC)CC(C)(C)C. The van der Waals surface area contributed by atoms with Gasteiger partial charge in [-0.1, -0.05) is 130 Å². The van der Waals surface area contributed by atoms with Gasteiger partial charge in [0.15, 0.2) is 0 Å². The van der Waals surface area contributed by atoms with Crippen molar-refractivity contribution in [3.05, 3.63) is 0 Å². The predicted molar refractivity (Wildman–Crippen MR) is 132 cm³/mol. The smallest absolute Gasteiger partial charge is 0.0462 e. The third kappa shape index (κ3) is 41.1. The summed E-state index contributed by atoms with van der Waals surface area (Å²) >= 11 is 0. The number of nitriles is 1. The first-order valence-electron chi connectivity index (χ1n) is 11.7. The van der Waals surface area contributed by atoms with Crippen molar-refractivity contribution in [1.82, 2.24) is 0 Å². The molecule has 0 saturated carbocycles. The van der Waals surface area contributed by atoms with Crippen LogP contribution in [0.1, 0.15) is 149 Å². The van der Waals surface area contributed by atoms with Crippen LogP contribution in [0, 0.1) is 28.1 Å². The Hall–Kier alpha value is -0.510. The van der Waals surface area contributed by atoms with Crippen LogP contribution in [0.4, 0.5) is 0 Å². The Labute approximate surface area is 177 Å². The minimum atomic E-state index is 0.451. The van der Waals surface area contributed by atoms with Gasteiger partial charge >= 0.3 is 0 Å². The Morgan fingerprint density at radius 3 is 1.11 bits per heavy atom. The summed E-state index contributed by atoms with van der Waals surface area (Å²) in [6, 6.07) is 0. The van der Waals surface area contributed by atoms with E-state index >= 15 is 0 Å². The van der Waals surface area contributed by atoms with E-state index in [1.807, 2.05) is 41.5 Å². The molecule has 0 aromatic heterocycles. The van der Waals surface area contributed by atoms with Crippen LogP contribution in [0.5, 0.6) is 0 Å². The number of hydrogen-bond donors (Lipinski definition) is 0. The summed E-state index contributed by atoms with van der Waals surface area (Å²) in [6.07, 6.45) is 7.91. The molecular formula is C26H61N. The normalized spacial score (nSPS) is 11.6. The number of nitrogens with zero attached hydrogens (tertiary/aromatic N) is 1. The standard InChI is InChI=1S/C16H34.C3H8.3C2H6.CHN/c1-9-11-15(6,7)13-16(8,10-2)12-14(3,4)5;1-3-2;4*1-2/h9-13H2,1-8H3;3H2,1-2H3;3*1-2H3;1H. The quantitative estimate of drug-likeness (QED) is 0.444. The summed E-state index contributed by atoms with van der Waals surface area (Å²) in [5, 5.41) is 6.50. The van der Waals surface area contributed by atoms with Gasteiger partial charge in [0.25, 0.3) is 0 Å². The van der Waals surface area contributed by atoms with Crippen LogP contribution in [-0.2, 0) is 0 Å². The molecule has 1 atom stereocenters. The van der Waals surface area contributed by atoms with Crippen molar-refractivity contribution >= 4 is 0 Å². The summed E-state index contributed by atoms with van der Waals surface area (Å²) in [7, 11) is 0. The fraction of sp³-hybridized carbons (Fsp3) is 0.962. The van der Waals surface area contributed by atoms with Crippen molar-refractivity contribution in [2.75, 3.05) is 0 Å². The highest BCUT2D eigenvalue weighted by Crippen LogP contribution is 2.45. The third-order valence-electron chi connectivity index (χ3n) is 3.64. The Morgan fingerprint density at radius 2 is 0.926 bits per heavy atom. The molecule has 0 saturated heterocycles. The zero-order valence-electron chi connectivity index (χ0n) is 22.8. The van der Waals surface area contributed by atoms with E-state index in [1.165, 1.54) is 38.5 Å². The van der Waals surface area contributed by atoms with E-state index in [-0.39, 0.29) is 0 Å². The Bertz CT molecular complexity index is 245. The van der Waals surface area contributed by atoms with Crippen molar-refractivity contribution in [2.45, 2.75) is 149 Å². The molecule has 1 unspecified atom stereocenters. The molecule has 0 bridgehead atoms. The van der Waals surface area contributed by atoms with Gasteiger partial charge in [-0.25, -0.2) is 5.26 Å². The minimum Gasteiger partial charge on any atom is -0.202 e.